The predicted molar refractivity (Wildman–Crippen MR) is 169 cm³/mol. The number of hydrogen-bond acceptors (Lipinski definition) is 7. The molecule has 43 heavy (non-hydrogen) atoms. The summed E-state index contributed by atoms with van der Waals surface area (Å²) in [6.07, 6.45) is 2.46. The van der Waals surface area contributed by atoms with Crippen molar-refractivity contribution in [1.29, 1.82) is 0 Å². The van der Waals surface area contributed by atoms with Gasteiger partial charge in [-0.05, 0) is 65.3 Å². The van der Waals surface area contributed by atoms with E-state index in [0.717, 1.165) is 23.3 Å². The molecule has 1 aliphatic rings. The first-order chi connectivity index (χ1) is 20.4. The maximum absolute atomic E-state index is 13.5. The second-order valence-corrected chi connectivity index (χ2v) is 13.3. The van der Waals surface area contributed by atoms with Crippen LogP contribution < -0.4 is 10.9 Å². The van der Waals surface area contributed by atoms with E-state index in [9.17, 15) is 19.2 Å². The van der Waals surface area contributed by atoms with Gasteiger partial charge in [-0.2, -0.15) is 0 Å². The molecule has 0 radical (unpaired) electrons. The van der Waals surface area contributed by atoms with Gasteiger partial charge in [0.1, 0.15) is 10.7 Å². The number of anilines is 1. The van der Waals surface area contributed by atoms with Gasteiger partial charge in [-0.25, -0.2) is 9.59 Å². The molecule has 2 heterocycles. The molecule has 0 bridgehead atoms. The van der Waals surface area contributed by atoms with Crippen molar-refractivity contribution in [2.45, 2.75) is 40.0 Å². The number of pyridine rings is 1. The van der Waals surface area contributed by atoms with Crippen LogP contribution in [0.3, 0.4) is 0 Å². The molecule has 224 valence electrons. The molecule has 0 fully saturated rings. The van der Waals surface area contributed by atoms with E-state index in [4.69, 9.17) is 21.1 Å². The van der Waals surface area contributed by atoms with Crippen molar-refractivity contribution in [1.82, 2.24) is 4.57 Å². The molecule has 1 N–H and O–H groups in total. The molecule has 2 aromatic heterocycles. The van der Waals surface area contributed by atoms with Gasteiger partial charge in [-0.15, -0.1) is 11.3 Å². The van der Waals surface area contributed by atoms with Gasteiger partial charge in [0, 0.05) is 27.9 Å². The fourth-order valence-corrected chi connectivity index (χ4v) is 7.16. The first-order valence-electron chi connectivity index (χ1n) is 14.0. The Balaban J connectivity index is 1.42. The maximum atomic E-state index is 13.5. The average Bonchev–Trinajstić information content (AvgIpc) is 3.34. The number of benzene rings is 2. The number of fused-ring (bicyclic) bond motifs is 2. The molecule has 0 saturated carbocycles. The third kappa shape index (κ3) is 5.96. The van der Waals surface area contributed by atoms with Gasteiger partial charge < -0.3 is 19.4 Å². The molecule has 1 unspecified atom stereocenters. The fraction of sp³-hybridized carbons (Fsp3) is 0.333. The normalized spacial score (nSPS) is 14.7. The highest BCUT2D eigenvalue weighted by molar-refractivity contribution is 7.17. The summed E-state index contributed by atoms with van der Waals surface area (Å²) in [5, 5.41) is 4.69. The fourth-order valence-electron chi connectivity index (χ4n) is 5.71. The summed E-state index contributed by atoms with van der Waals surface area (Å²) in [4.78, 5) is 53.6. The van der Waals surface area contributed by atoms with Crippen molar-refractivity contribution in [3.8, 4) is 11.1 Å². The van der Waals surface area contributed by atoms with Gasteiger partial charge in [0.15, 0.2) is 6.61 Å². The second kappa shape index (κ2) is 12.0. The number of methoxy groups -OCH3 is 1. The predicted octanol–water partition coefficient (Wildman–Crippen LogP) is 6.65. The quantitative estimate of drug-likeness (QED) is 0.242. The number of hydrogen-bond donors (Lipinski definition) is 1. The molecular weight excluding hydrogens is 588 g/mol. The SMILES string of the molecule is COC(=O)c1c(NC(=O)COC(=O)c2c(-c3ccc(Cl)cc3)c3ccccc3c(=O)n2C)sc2c1CCC(C(C)(C)C)C2. The molecule has 0 saturated heterocycles. The van der Waals surface area contributed by atoms with Gasteiger partial charge in [0.2, 0.25) is 0 Å². The van der Waals surface area contributed by atoms with Crippen LogP contribution in [0.5, 0.6) is 0 Å². The number of rotatable bonds is 6. The Labute approximate surface area is 258 Å². The number of carbonyl (C=O) groups is 3. The lowest BCUT2D eigenvalue weighted by atomic mass is 9.72. The van der Waals surface area contributed by atoms with E-state index >= 15 is 0 Å². The first kappa shape index (κ1) is 30.5. The Morgan fingerprint density at radius 3 is 2.37 bits per heavy atom. The molecular formula is C33H33ClN2O6S. The minimum atomic E-state index is -0.836. The van der Waals surface area contributed by atoms with E-state index in [2.05, 4.69) is 26.1 Å². The van der Waals surface area contributed by atoms with Crippen LogP contribution in [0.1, 0.15) is 58.5 Å². The summed E-state index contributed by atoms with van der Waals surface area (Å²) in [6, 6.07) is 13.9. The van der Waals surface area contributed by atoms with Crippen molar-refractivity contribution < 1.29 is 23.9 Å². The molecule has 1 amide bonds. The largest absolute Gasteiger partial charge is 0.465 e. The highest BCUT2D eigenvalue weighted by atomic mass is 35.5. The molecule has 0 spiro atoms. The van der Waals surface area contributed by atoms with E-state index in [-0.39, 0.29) is 16.7 Å². The zero-order valence-corrected chi connectivity index (χ0v) is 26.3. The number of thiophene rings is 1. The van der Waals surface area contributed by atoms with Crippen LogP contribution in [-0.4, -0.2) is 36.1 Å². The standard InChI is InChI=1S/C33H33ClN2O6S/c1-33(2,3)19-12-15-23-24(16-19)43-29(27(23)31(39)41-5)35-25(37)17-42-32(40)28-26(18-10-13-20(34)14-11-18)21-8-6-7-9-22(21)30(38)36(28)4/h6-11,13-14,19H,12,15-17H2,1-5H3,(H,35,37). The minimum Gasteiger partial charge on any atom is -0.465 e. The van der Waals surface area contributed by atoms with Gasteiger partial charge in [0.25, 0.3) is 11.5 Å². The van der Waals surface area contributed by atoms with Gasteiger partial charge in [0.05, 0.1) is 12.7 Å². The Hall–Kier alpha value is -3.95. The highest BCUT2D eigenvalue weighted by Crippen LogP contribution is 2.44. The van der Waals surface area contributed by atoms with Crippen molar-refractivity contribution in [2.75, 3.05) is 19.0 Å². The van der Waals surface area contributed by atoms with Crippen molar-refractivity contribution in [3.05, 3.63) is 85.6 Å². The number of aromatic nitrogens is 1. The highest BCUT2D eigenvalue weighted by Gasteiger charge is 2.34. The van der Waals surface area contributed by atoms with E-state index < -0.39 is 24.5 Å². The zero-order chi connectivity index (χ0) is 31.1. The number of amides is 1. The van der Waals surface area contributed by atoms with Crippen LogP contribution in [0.15, 0.2) is 53.3 Å². The van der Waals surface area contributed by atoms with E-state index in [1.165, 1.54) is 30.1 Å². The van der Waals surface area contributed by atoms with Crippen LogP contribution in [0.2, 0.25) is 5.02 Å². The summed E-state index contributed by atoms with van der Waals surface area (Å²) in [5.74, 6) is -1.52. The lowest BCUT2D eigenvalue weighted by Crippen LogP contribution is -2.28. The van der Waals surface area contributed by atoms with E-state index in [0.29, 0.717) is 49.8 Å². The summed E-state index contributed by atoms with van der Waals surface area (Å²) >= 11 is 7.47. The van der Waals surface area contributed by atoms with Crippen LogP contribution in [-0.2, 0) is 34.2 Å². The Morgan fingerprint density at radius 1 is 1.05 bits per heavy atom. The van der Waals surface area contributed by atoms with Crippen molar-refractivity contribution >= 4 is 56.6 Å². The second-order valence-electron chi connectivity index (χ2n) is 11.8. The van der Waals surface area contributed by atoms with Crippen LogP contribution in [0.4, 0.5) is 5.00 Å². The number of ether oxygens (including phenoxy) is 2. The van der Waals surface area contributed by atoms with Crippen molar-refractivity contribution in [3.63, 3.8) is 0 Å². The van der Waals surface area contributed by atoms with Crippen LogP contribution in [0, 0.1) is 11.3 Å². The molecule has 8 nitrogen and oxygen atoms in total. The first-order valence-corrected chi connectivity index (χ1v) is 15.2. The minimum absolute atomic E-state index is 0.00822. The third-order valence-electron chi connectivity index (χ3n) is 8.10. The number of nitrogens with zero attached hydrogens (tertiary/aromatic N) is 1. The Morgan fingerprint density at radius 2 is 1.72 bits per heavy atom. The summed E-state index contributed by atoms with van der Waals surface area (Å²) in [6.45, 7) is 6.00. The zero-order valence-electron chi connectivity index (χ0n) is 24.7. The number of carbonyl (C=O) groups excluding carboxylic acids is 3. The number of nitrogens with one attached hydrogen (secondary N) is 1. The van der Waals surface area contributed by atoms with Gasteiger partial charge in [-0.3, -0.25) is 9.59 Å². The summed E-state index contributed by atoms with van der Waals surface area (Å²) in [7, 11) is 2.81. The lowest BCUT2D eigenvalue weighted by molar-refractivity contribution is -0.119. The van der Waals surface area contributed by atoms with Crippen LogP contribution >= 0.6 is 22.9 Å². The molecule has 1 atom stereocenters. The number of halogens is 1. The molecule has 5 rings (SSSR count). The lowest BCUT2D eigenvalue weighted by Gasteiger charge is -2.33. The summed E-state index contributed by atoms with van der Waals surface area (Å²) < 4.78 is 11.8. The summed E-state index contributed by atoms with van der Waals surface area (Å²) in [5.41, 5.74) is 2.16. The topological polar surface area (TPSA) is 104 Å². The molecule has 0 aliphatic heterocycles. The molecule has 2 aromatic carbocycles. The Bertz CT molecular complexity index is 1800. The molecule has 10 heteroatoms. The van der Waals surface area contributed by atoms with E-state index in [1.54, 1.807) is 48.5 Å². The van der Waals surface area contributed by atoms with Crippen molar-refractivity contribution in [2.24, 2.45) is 18.4 Å². The average molecular weight is 621 g/mol. The van der Waals surface area contributed by atoms with Crippen LogP contribution in [0.25, 0.3) is 21.9 Å². The molecule has 1 aliphatic carbocycles. The Kier molecular flexibility index (Phi) is 8.49. The monoisotopic (exact) mass is 620 g/mol. The smallest absolute Gasteiger partial charge is 0.356 e. The number of esters is 2. The molecule has 4 aromatic rings. The van der Waals surface area contributed by atoms with E-state index in [1.807, 2.05) is 0 Å². The van der Waals surface area contributed by atoms with Gasteiger partial charge in [-0.1, -0.05) is 62.7 Å². The maximum Gasteiger partial charge on any atom is 0.356 e. The van der Waals surface area contributed by atoms with Gasteiger partial charge >= 0.3 is 11.9 Å². The third-order valence-corrected chi connectivity index (χ3v) is 9.52.